The molecule has 140 valence electrons. The first-order chi connectivity index (χ1) is 13.7. The summed E-state index contributed by atoms with van der Waals surface area (Å²) >= 11 is 3.63. The van der Waals surface area contributed by atoms with E-state index < -0.39 is 0 Å². The lowest BCUT2D eigenvalue weighted by Gasteiger charge is -2.21. The molecule has 1 unspecified atom stereocenters. The maximum absolute atomic E-state index is 11.9. The molecular weight excluding hydrogens is 414 g/mol. The van der Waals surface area contributed by atoms with Gasteiger partial charge in [-0.25, -0.2) is 0 Å². The van der Waals surface area contributed by atoms with Crippen LogP contribution in [0.5, 0.6) is 0 Å². The van der Waals surface area contributed by atoms with E-state index in [0.717, 1.165) is 26.8 Å². The van der Waals surface area contributed by atoms with E-state index in [-0.39, 0.29) is 11.9 Å². The van der Waals surface area contributed by atoms with Crippen LogP contribution in [0.2, 0.25) is 0 Å². The topological polar surface area (TPSA) is 56.9 Å². The number of carbonyl (C=O) groups excluding carboxylic acids is 1. The quantitative estimate of drug-likeness (QED) is 0.389. The van der Waals surface area contributed by atoms with Crippen molar-refractivity contribution in [3.05, 3.63) is 100 Å². The normalized spacial score (nSPS) is 11.9. The summed E-state index contributed by atoms with van der Waals surface area (Å²) in [6.07, 6.45) is 2.05. The Morgan fingerprint density at radius 3 is 2.43 bits per heavy atom. The van der Waals surface area contributed by atoms with Crippen molar-refractivity contribution < 1.29 is 4.79 Å². The zero-order valence-electron chi connectivity index (χ0n) is 15.4. The lowest BCUT2D eigenvalue weighted by atomic mass is 9.96. The van der Waals surface area contributed by atoms with Gasteiger partial charge in [0.05, 0.1) is 6.04 Å². The lowest BCUT2D eigenvalue weighted by Crippen LogP contribution is -2.18. The fourth-order valence-corrected chi connectivity index (χ4v) is 3.78. The highest BCUT2D eigenvalue weighted by Crippen LogP contribution is 2.34. The largest absolute Gasteiger partial charge is 0.373 e. The van der Waals surface area contributed by atoms with E-state index in [0.29, 0.717) is 5.56 Å². The molecule has 3 N–H and O–H groups in total. The van der Waals surface area contributed by atoms with Crippen LogP contribution < -0.4 is 10.6 Å². The van der Waals surface area contributed by atoms with Crippen molar-refractivity contribution in [2.45, 2.75) is 6.04 Å². The first-order valence-electron chi connectivity index (χ1n) is 9.06. The van der Waals surface area contributed by atoms with Gasteiger partial charge >= 0.3 is 0 Å². The van der Waals surface area contributed by atoms with Crippen LogP contribution in [0.1, 0.15) is 27.5 Å². The van der Waals surface area contributed by atoms with Crippen LogP contribution >= 0.6 is 15.9 Å². The minimum atomic E-state index is -0.0889. The second-order valence-electron chi connectivity index (χ2n) is 6.55. The number of para-hydroxylation sites is 2. The fraction of sp³-hybridized carbons (Fsp3) is 0.0870. The number of fused-ring (bicyclic) bond motifs is 1. The number of hydrogen-bond donors (Lipinski definition) is 3. The van der Waals surface area contributed by atoms with Crippen molar-refractivity contribution in [1.29, 1.82) is 0 Å². The van der Waals surface area contributed by atoms with E-state index in [2.05, 4.69) is 43.7 Å². The Hall–Kier alpha value is -3.05. The highest BCUT2D eigenvalue weighted by atomic mass is 79.9. The van der Waals surface area contributed by atoms with Crippen LogP contribution in [-0.4, -0.2) is 17.9 Å². The first-order valence-corrected chi connectivity index (χ1v) is 9.86. The van der Waals surface area contributed by atoms with Gasteiger partial charge in [0.15, 0.2) is 0 Å². The van der Waals surface area contributed by atoms with Crippen LogP contribution in [0.3, 0.4) is 0 Å². The second kappa shape index (κ2) is 7.90. The van der Waals surface area contributed by atoms with Gasteiger partial charge in [0, 0.05) is 45.4 Å². The number of hydrogen-bond acceptors (Lipinski definition) is 2. The van der Waals surface area contributed by atoms with Gasteiger partial charge in [-0.05, 0) is 51.8 Å². The Labute approximate surface area is 172 Å². The molecule has 1 atom stereocenters. The summed E-state index contributed by atoms with van der Waals surface area (Å²) in [6, 6.07) is 24.0. The van der Waals surface area contributed by atoms with E-state index in [1.54, 1.807) is 7.05 Å². The molecule has 3 aromatic carbocycles. The van der Waals surface area contributed by atoms with E-state index in [1.165, 1.54) is 5.39 Å². The average Bonchev–Trinajstić information content (AvgIpc) is 3.17. The molecule has 28 heavy (non-hydrogen) atoms. The van der Waals surface area contributed by atoms with Crippen LogP contribution in [0.25, 0.3) is 10.9 Å². The number of rotatable bonds is 5. The minimum absolute atomic E-state index is 0.0754. The summed E-state index contributed by atoms with van der Waals surface area (Å²) in [7, 11) is 1.64. The van der Waals surface area contributed by atoms with E-state index in [9.17, 15) is 4.79 Å². The van der Waals surface area contributed by atoms with Crippen LogP contribution in [-0.2, 0) is 0 Å². The standard InChI is InChI=1S/C23H20BrN3O/c1-25-23(28)16-12-10-15(11-13-16)22(27-21-9-5-3-7-19(21)24)18-14-26-20-8-4-2-6-17(18)20/h2-14,22,26-27H,1H3,(H,25,28). The zero-order valence-corrected chi connectivity index (χ0v) is 17.0. The van der Waals surface area contributed by atoms with Gasteiger partial charge in [0.25, 0.3) is 5.91 Å². The predicted octanol–water partition coefficient (Wildman–Crippen LogP) is 5.49. The SMILES string of the molecule is CNC(=O)c1ccc(C(Nc2ccccc2Br)c2c[nH]c3ccccc23)cc1. The minimum Gasteiger partial charge on any atom is -0.373 e. The number of nitrogens with one attached hydrogen (secondary N) is 3. The summed E-state index contributed by atoms with van der Waals surface area (Å²) in [5.41, 5.74) is 4.98. The molecule has 1 aromatic heterocycles. The predicted molar refractivity (Wildman–Crippen MR) is 118 cm³/mol. The molecule has 0 aliphatic carbocycles. The first kappa shape index (κ1) is 18.3. The van der Waals surface area contributed by atoms with Crippen LogP contribution in [0, 0.1) is 0 Å². The molecule has 4 nitrogen and oxygen atoms in total. The number of H-pyrrole nitrogens is 1. The average molecular weight is 434 g/mol. The third kappa shape index (κ3) is 3.53. The number of halogens is 1. The molecule has 0 radical (unpaired) electrons. The van der Waals surface area contributed by atoms with Crippen molar-refractivity contribution in [3.8, 4) is 0 Å². The summed E-state index contributed by atoms with van der Waals surface area (Å²) in [5.74, 6) is -0.0889. The highest BCUT2D eigenvalue weighted by Gasteiger charge is 2.19. The molecule has 0 bridgehead atoms. The molecule has 4 aromatic rings. The highest BCUT2D eigenvalue weighted by molar-refractivity contribution is 9.10. The molecule has 0 aliphatic heterocycles. The Bertz CT molecular complexity index is 1120. The number of benzene rings is 3. The maximum Gasteiger partial charge on any atom is 0.251 e. The van der Waals surface area contributed by atoms with Crippen molar-refractivity contribution in [2.75, 3.05) is 12.4 Å². The van der Waals surface area contributed by atoms with Gasteiger partial charge in [0.1, 0.15) is 0 Å². The number of anilines is 1. The fourth-order valence-electron chi connectivity index (χ4n) is 3.38. The van der Waals surface area contributed by atoms with Gasteiger partial charge in [-0.1, -0.05) is 42.5 Å². The number of aromatic nitrogens is 1. The molecule has 0 saturated carbocycles. The maximum atomic E-state index is 11.9. The van der Waals surface area contributed by atoms with Crippen molar-refractivity contribution >= 4 is 38.4 Å². The summed E-state index contributed by atoms with van der Waals surface area (Å²) in [6.45, 7) is 0. The molecule has 1 amide bonds. The monoisotopic (exact) mass is 433 g/mol. The molecule has 4 rings (SSSR count). The smallest absolute Gasteiger partial charge is 0.251 e. The van der Waals surface area contributed by atoms with Crippen molar-refractivity contribution in [1.82, 2.24) is 10.3 Å². The Balaban J connectivity index is 1.79. The Morgan fingerprint density at radius 1 is 0.964 bits per heavy atom. The third-order valence-corrected chi connectivity index (χ3v) is 5.53. The molecule has 0 aliphatic rings. The summed E-state index contributed by atoms with van der Waals surface area (Å²) in [4.78, 5) is 15.3. The molecule has 1 heterocycles. The number of carbonyl (C=O) groups is 1. The molecular formula is C23H20BrN3O. The summed E-state index contributed by atoms with van der Waals surface area (Å²) < 4.78 is 1.00. The van der Waals surface area contributed by atoms with E-state index >= 15 is 0 Å². The van der Waals surface area contributed by atoms with Gasteiger partial charge in [-0.15, -0.1) is 0 Å². The molecule has 0 spiro atoms. The van der Waals surface area contributed by atoms with Gasteiger partial charge in [0.2, 0.25) is 0 Å². The molecule has 5 heteroatoms. The number of aromatic amines is 1. The third-order valence-electron chi connectivity index (χ3n) is 4.84. The van der Waals surface area contributed by atoms with Crippen molar-refractivity contribution in [2.24, 2.45) is 0 Å². The van der Waals surface area contributed by atoms with Crippen molar-refractivity contribution in [3.63, 3.8) is 0 Å². The summed E-state index contributed by atoms with van der Waals surface area (Å²) in [5, 5.41) is 7.49. The van der Waals surface area contributed by atoms with Gasteiger partial charge in [-0.3, -0.25) is 4.79 Å². The molecule has 0 saturated heterocycles. The van der Waals surface area contributed by atoms with E-state index in [4.69, 9.17) is 0 Å². The van der Waals surface area contributed by atoms with Gasteiger partial charge in [-0.2, -0.15) is 0 Å². The van der Waals surface area contributed by atoms with E-state index in [1.807, 2.05) is 66.9 Å². The van der Waals surface area contributed by atoms with Crippen LogP contribution in [0.15, 0.2) is 83.5 Å². The Morgan fingerprint density at radius 2 is 1.68 bits per heavy atom. The Kier molecular flexibility index (Phi) is 5.17. The van der Waals surface area contributed by atoms with Crippen LogP contribution in [0.4, 0.5) is 5.69 Å². The molecule has 0 fully saturated rings. The van der Waals surface area contributed by atoms with Gasteiger partial charge < -0.3 is 15.6 Å². The second-order valence-corrected chi connectivity index (χ2v) is 7.40. The zero-order chi connectivity index (χ0) is 19.5. The lowest BCUT2D eigenvalue weighted by molar-refractivity contribution is 0.0963. The number of amides is 1.